The highest BCUT2D eigenvalue weighted by Crippen LogP contribution is 2.30. The summed E-state index contributed by atoms with van der Waals surface area (Å²) >= 11 is 1.77. The van der Waals surface area contributed by atoms with Crippen molar-refractivity contribution >= 4 is 23.3 Å². The number of hydrogen-bond donors (Lipinski definition) is 2. The lowest BCUT2D eigenvalue weighted by molar-refractivity contribution is 0.0686. The van der Waals surface area contributed by atoms with Crippen molar-refractivity contribution in [2.45, 2.75) is 39.0 Å². The highest BCUT2D eigenvalue weighted by atomic mass is 32.1. The average molecular weight is 488 g/mol. The third kappa shape index (κ3) is 5.96. The minimum atomic E-state index is -1.12. The zero-order chi connectivity index (χ0) is 24.8. The van der Waals surface area contributed by atoms with Gasteiger partial charge in [-0.3, -0.25) is 9.97 Å². The van der Waals surface area contributed by atoms with E-state index in [2.05, 4.69) is 34.0 Å². The van der Waals surface area contributed by atoms with E-state index in [1.165, 1.54) is 61.0 Å². The topological polar surface area (TPSA) is 113 Å². The van der Waals surface area contributed by atoms with E-state index in [4.69, 9.17) is 0 Å². The minimum Gasteiger partial charge on any atom is -0.478 e. The molecule has 4 rings (SSSR count). The number of carboxylic acid groups (broad SMARTS) is 2. The van der Waals surface area contributed by atoms with Crippen molar-refractivity contribution in [3.05, 3.63) is 76.9 Å². The summed E-state index contributed by atoms with van der Waals surface area (Å²) in [6.45, 7) is 2.21. The fraction of sp³-hybridized carbons (Fsp3) is 0.222. The molecule has 178 valence electrons. The molecule has 0 fully saturated rings. The number of pyridine rings is 3. The first-order valence-electron chi connectivity index (χ1n) is 11.4. The van der Waals surface area contributed by atoms with Gasteiger partial charge in [0.15, 0.2) is 0 Å². The van der Waals surface area contributed by atoms with Crippen LogP contribution in [0.25, 0.3) is 33.2 Å². The molecule has 0 aliphatic rings. The van der Waals surface area contributed by atoms with E-state index in [-0.39, 0.29) is 22.5 Å². The molecule has 0 saturated heterocycles. The van der Waals surface area contributed by atoms with E-state index in [0.29, 0.717) is 11.4 Å². The van der Waals surface area contributed by atoms with Crippen LogP contribution in [0, 0.1) is 0 Å². The lowest BCUT2D eigenvalue weighted by atomic mass is 10.1. The zero-order valence-corrected chi connectivity index (χ0v) is 20.1. The number of aromatic carboxylic acids is 2. The Morgan fingerprint density at radius 1 is 0.800 bits per heavy atom. The number of unbranched alkanes of at least 4 members (excludes halogenated alkanes) is 3. The summed E-state index contributed by atoms with van der Waals surface area (Å²) < 4.78 is 0. The number of aryl methyl sites for hydroxylation is 1. The first kappa shape index (κ1) is 24.2. The second-order valence-corrected chi connectivity index (χ2v) is 9.34. The highest BCUT2D eigenvalue weighted by molar-refractivity contribution is 7.15. The van der Waals surface area contributed by atoms with Gasteiger partial charge < -0.3 is 10.2 Å². The van der Waals surface area contributed by atoms with Crippen LogP contribution in [-0.2, 0) is 6.42 Å². The summed E-state index contributed by atoms with van der Waals surface area (Å²) in [4.78, 5) is 38.8. The number of thiophene rings is 1. The summed E-state index contributed by atoms with van der Waals surface area (Å²) in [6, 6.07) is 13.6. The normalized spacial score (nSPS) is 10.9. The van der Waals surface area contributed by atoms with Gasteiger partial charge in [0.1, 0.15) is 0 Å². The Morgan fingerprint density at radius 2 is 1.54 bits per heavy atom. The maximum Gasteiger partial charge on any atom is 0.335 e. The van der Waals surface area contributed by atoms with Crippen molar-refractivity contribution in [1.82, 2.24) is 15.0 Å². The van der Waals surface area contributed by atoms with Crippen LogP contribution in [-0.4, -0.2) is 37.1 Å². The Bertz CT molecular complexity index is 1350. The van der Waals surface area contributed by atoms with Crippen LogP contribution < -0.4 is 0 Å². The molecule has 0 aliphatic heterocycles. The number of aromatic nitrogens is 3. The molecule has 8 heteroatoms. The largest absolute Gasteiger partial charge is 0.478 e. The fourth-order valence-electron chi connectivity index (χ4n) is 3.70. The molecule has 7 nitrogen and oxygen atoms in total. The third-order valence-corrected chi connectivity index (χ3v) is 6.78. The Labute approximate surface area is 207 Å². The van der Waals surface area contributed by atoms with Gasteiger partial charge in [-0.1, -0.05) is 26.2 Å². The lowest BCUT2D eigenvalue weighted by Gasteiger charge is -2.08. The van der Waals surface area contributed by atoms with Gasteiger partial charge in [0, 0.05) is 27.7 Å². The van der Waals surface area contributed by atoms with Crippen LogP contribution in [0.4, 0.5) is 0 Å². The SMILES string of the molecule is CCCCCCc1ccc(-c2ccc(-c3cc(C(=O)O)cc(-c4cc(C(=O)O)ccn4)n3)nc2)s1. The van der Waals surface area contributed by atoms with E-state index in [1.807, 2.05) is 12.1 Å². The van der Waals surface area contributed by atoms with E-state index >= 15 is 0 Å². The number of carboxylic acids is 2. The second-order valence-electron chi connectivity index (χ2n) is 8.18. The molecule has 4 aromatic heterocycles. The van der Waals surface area contributed by atoms with Gasteiger partial charge in [0.05, 0.1) is 33.9 Å². The van der Waals surface area contributed by atoms with Crippen molar-refractivity contribution in [3.63, 3.8) is 0 Å². The molecule has 0 bridgehead atoms. The Morgan fingerprint density at radius 3 is 2.23 bits per heavy atom. The monoisotopic (exact) mass is 487 g/mol. The molecule has 0 atom stereocenters. The molecule has 0 unspecified atom stereocenters. The fourth-order valence-corrected chi connectivity index (χ4v) is 4.74. The van der Waals surface area contributed by atoms with E-state index in [9.17, 15) is 19.8 Å². The second kappa shape index (κ2) is 11.0. The van der Waals surface area contributed by atoms with Gasteiger partial charge in [0.25, 0.3) is 0 Å². The molecule has 0 radical (unpaired) electrons. The van der Waals surface area contributed by atoms with Crippen LogP contribution in [0.2, 0.25) is 0 Å². The Balaban J connectivity index is 1.60. The molecule has 35 heavy (non-hydrogen) atoms. The minimum absolute atomic E-state index is 0.0179. The van der Waals surface area contributed by atoms with Crippen molar-refractivity contribution in [2.75, 3.05) is 0 Å². The van der Waals surface area contributed by atoms with E-state index < -0.39 is 11.9 Å². The van der Waals surface area contributed by atoms with Gasteiger partial charge >= 0.3 is 11.9 Å². The quantitative estimate of drug-likeness (QED) is 0.247. The molecular weight excluding hydrogens is 462 g/mol. The van der Waals surface area contributed by atoms with Crippen molar-refractivity contribution in [2.24, 2.45) is 0 Å². The Hall–Kier alpha value is -3.91. The molecule has 2 N–H and O–H groups in total. The Kier molecular flexibility index (Phi) is 7.62. The molecule has 0 amide bonds. The predicted molar refractivity (Wildman–Crippen MR) is 136 cm³/mol. The third-order valence-electron chi connectivity index (χ3n) is 5.59. The maximum absolute atomic E-state index is 11.7. The molecule has 0 saturated carbocycles. The van der Waals surface area contributed by atoms with Crippen LogP contribution in [0.15, 0.2) is 60.9 Å². The predicted octanol–water partition coefficient (Wildman–Crippen LogP) is 6.45. The molecule has 0 aromatic carbocycles. The summed E-state index contributed by atoms with van der Waals surface area (Å²) in [5.74, 6) is -2.22. The summed E-state index contributed by atoms with van der Waals surface area (Å²) in [7, 11) is 0. The standard InChI is InChI=1S/C27H25N3O4S/c1-2-3-4-5-6-20-8-10-25(35-20)18-7-9-21(29-16-18)23-14-19(27(33)34)15-24(30-23)22-13-17(26(31)32)11-12-28-22/h7-16H,2-6H2,1H3,(H,31,32)(H,33,34). The maximum atomic E-state index is 11.7. The van der Waals surface area contributed by atoms with Gasteiger partial charge in [-0.25, -0.2) is 14.6 Å². The van der Waals surface area contributed by atoms with Crippen LogP contribution in [0.1, 0.15) is 58.2 Å². The van der Waals surface area contributed by atoms with E-state index in [0.717, 1.165) is 16.9 Å². The smallest absolute Gasteiger partial charge is 0.335 e. The van der Waals surface area contributed by atoms with Gasteiger partial charge in [-0.2, -0.15) is 0 Å². The highest BCUT2D eigenvalue weighted by Gasteiger charge is 2.15. The van der Waals surface area contributed by atoms with Crippen molar-refractivity contribution in [3.8, 4) is 33.2 Å². The lowest BCUT2D eigenvalue weighted by Crippen LogP contribution is -2.02. The van der Waals surface area contributed by atoms with Crippen LogP contribution in [0.3, 0.4) is 0 Å². The summed E-state index contributed by atoms with van der Waals surface area (Å²) in [6.07, 6.45) is 9.15. The average Bonchev–Trinajstić information content (AvgIpc) is 3.35. The molecule has 4 aromatic rings. The summed E-state index contributed by atoms with van der Waals surface area (Å²) in [5.41, 5.74) is 2.48. The molecular formula is C27H25N3O4S. The van der Waals surface area contributed by atoms with Gasteiger partial charge in [-0.15, -0.1) is 11.3 Å². The number of rotatable bonds is 10. The van der Waals surface area contributed by atoms with Crippen LogP contribution in [0.5, 0.6) is 0 Å². The molecule has 0 spiro atoms. The first-order valence-corrected chi connectivity index (χ1v) is 12.3. The number of nitrogens with zero attached hydrogens (tertiary/aromatic N) is 3. The number of hydrogen-bond acceptors (Lipinski definition) is 6. The zero-order valence-electron chi connectivity index (χ0n) is 19.3. The van der Waals surface area contributed by atoms with Gasteiger partial charge in [-0.05, 0) is 61.4 Å². The molecule has 0 aliphatic carbocycles. The van der Waals surface area contributed by atoms with Crippen molar-refractivity contribution < 1.29 is 19.8 Å². The molecule has 4 heterocycles. The van der Waals surface area contributed by atoms with E-state index in [1.54, 1.807) is 17.5 Å². The van der Waals surface area contributed by atoms with Crippen molar-refractivity contribution in [1.29, 1.82) is 0 Å². The van der Waals surface area contributed by atoms with Gasteiger partial charge in [0.2, 0.25) is 0 Å². The first-order chi connectivity index (χ1) is 16.9. The number of carbonyl (C=O) groups is 2. The summed E-state index contributed by atoms with van der Waals surface area (Å²) in [5, 5.41) is 18.9. The van der Waals surface area contributed by atoms with Crippen LogP contribution >= 0.6 is 11.3 Å².